The van der Waals surface area contributed by atoms with E-state index in [1.54, 1.807) is 12.5 Å². The summed E-state index contributed by atoms with van der Waals surface area (Å²) in [5.41, 5.74) is 10.7. The molecule has 7 heteroatoms. The molecule has 0 amide bonds. The van der Waals surface area contributed by atoms with E-state index in [0.29, 0.717) is 11.9 Å². The van der Waals surface area contributed by atoms with Crippen LogP contribution in [0.3, 0.4) is 0 Å². The standard InChI is InChI=1S/C20H22N6O/c21-16-3-1-2-15(13-5-6-13)18(16)25-20-24-17-9-22-11-23-19(17)26(20)14-7-4-12(8-14)10-27/h1-4,7,9,11-14,27H,5-6,8,10,21H2,(H,24,25)/t12-,14+/m1/s1. The second-order valence-corrected chi connectivity index (χ2v) is 7.38. The molecule has 2 aliphatic rings. The topological polar surface area (TPSA) is 102 Å². The second kappa shape index (κ2) is 6.35. The Bertz CT molecular complexity index is 1020. The zero-order valence-corrected chi connectivity index (χ0v) is 14.9. The van der Waals surface area contributed by atoms with Crippen LogP contribution in [0, 0.1) is 5.92 Å². The lowest BCUT2D eigenvalue weighted by atomic mass is 10.1. The molecule has 2 atom stereocenters. The summed E-state index contributed by atoms with van der Waals surface area (Å²) >= 11 is 0. The summed E-state index contributed by atoms with van der Waals surface area (Å²) in [4.78, 5) is 13.3. The van der Waals surface area contributed by atoms with Crippen molar-refractivity contribution >= 4 is 28.5 Å². The van der Waals surface area contributed by atoms with Crippen LogP contribution in [0.5, 0.6) is 0 Å². The summed E-state index contributed by atoms with van der Waals surface area (Å²) in [7, 11) is 0. The van der Waals surface area contributed by atoms with Crippen LogP contribution in [-0.2, 0) is 0 Å². The molecule has 4 N–H and O–H groups in total. The molecule has 3 aromatic rings. The third kappa shape index (κ3) is 2.84. The molecule has 1 aromatic carbocycles. The van der Waals surface area contributed by atoms with Gasteiger partial charge in [-0.2, -0.15) is 0 Å². The Morgan fingerprint density at radius 1 is 1.26 bits per heavy atom. The largest absolute Gasteiger partial charge is 0.397 e. The maximum atomic E-state index is 9.51. The minimum absolute atomic E-state index is 0.0823. The van der Waals surface area contributed by atoms with E-state index in [1.807, 2.05) is 12.1 Å². The maximum Gasteiger partial charge on any atom is 0.210 e. The van der Waals surface area contributed by atoms with Gasteiger partial charge in [0.15, 0.2) is 5.65 Å². The quantitative estimate of drug-likeness (QED) is 0.476. The van der Waals surface area contributed by atoms with Crippen LogP contribution in [0.4, 0.5) is 17.3 Å². The number of fused-ring (bicyclic) bond motifs is 1. The molecule has 0 spiro atoms. The lowest BCUT2D eigenvalue weighted by molar-refractivity contribution is 0.245. The normalized spacial score (nSPS) is 21.8. The van der Waals surface area contributed by atoms with Gasteiger partial charge >= 0.3 is 0 Å². The molecule has 138 valence electrons. The molecule has 0 bridgehead atoms. The van der Waals surface area contributed by atoms with E-state index < -0.39 is 0 Å². The van der Waals surface area contributed by atoms with Crippen molar-refractivity contribution in [2.45, 2.75) is 31.2 Å². The average Bonchev–Trinajstić information content (AvgIpc) is 3.30. The number of allylic oxidation sites excluding steroid dienone is 1. The van der Waals surface area contributed by atoms with E-state index in [0.717, 1.165) is 29.0 Å². The first-order chi connectivity index (χ1) is 13.2. The van der Waals surface area contributed by atoms with Crippen LogP contribution in [0.2, 0.25) is 0 Å². The monoisotopic (exact) mass is 362 g/mol. The van der Waals surface area contributed by atoms with E-state index in [1.165, 1.54) is 18.4 Å². The summed E-state index contributed by atoms with van der Waals surface area (Å²) in [6, 6.07) is 6.14. The molecule has 27 heavy (non-hydrogen) atoms. The summed E-state index contributed by atoms with van der Waals surface area (Å²) in [5.74, 6) is 1.43. The van der Waals surface area contributed by atoms with E-state index in [2.05, 4.69) is 38.1 Å². The van der Waals surface area contributed by atoms with Gasteiger partial charge in [-0.1, -0.05) is 24.3 Å². The van der Waals surface area contributed by atoms with Crippen molar-refractivity contribution in [3.8, 4) is 0 Å². The van der Waals surface area contributed by atoms with Crippen LogP contribution in [-0.4, -0.2) is 31.2 Å². The highest BCUT2D eigenvalue weighted by molar-refractivity contribution is 5.80. The lowest BCUT2D eigenvalue weighted by Gasteiger charge is -2.19. The first kappa shape index (κ1) is 16.3. The number of aliphatic hydroxyl groups excluding tert-OH is 1. The van der Waals surface area contributed by atoms with Gasteiger partial charge in [0.25, 0.3) is 0 Å². The smallest absolute Gasteiger partial charge is 0.210 e. The molecule has 0 unspecified atom stereocenters. The minimum Gasteiger partial charge on any atom is -0.397 e. The lowest BCUT2D eigenvalue weighted by Crippen LogP contribution is -2.12. The predicted octanol–water partition coefficient (Wildman–Crippen LogP) is 3.14. The van der Waals surface area contributed by atoms with Crippen LogP contribution in [0.25, 0.3) is 11.2 Å². The second-order valence-electron chi connectivity index (χ2n) is 7.38. The van der Waals surface area contributed by atoms with E-state index in [-0.39, 0.29) is 18.6 Å². The number of nitrogens with two attached hydrogens (primary N) is 1. The Hall–Kier alpha value is -2.93. The highest BCUT2D eigenvalue weighted by Gasteiger charge is 2.29. The van der Waals surface area contributed by atoms with Crippen LogP contribution in [0.15, 0.2) is 42.9 Å². The number of anilines is 3. The number of imidazole rings is 1. The van der Waals surface area contributed by atoms with Crippen molar-refractivity contribution in [2.24, 2.45) is 5.92 Å². The molecule has 2 aromatic heterocycles. The first-order valence-corrected chi connectivity index (χ1v) is 9.37. The van der Waals surface area contributed by atoms with Crippen molar-refractivity contribution in [1.29, 1.82) is 0 Å². The fourth-order valence-corrected chi connectivity index (χ4v) is 3.91. The van der Waals surface area contributed by atoms with Gasteiger partial charge in [0.2, 0.25) is 5.95 Å². The molecular formula is C20H22N6O. The predicted molar refractivity (Wildman–Crippen MR) is 105 cm³/mol. The van der Waals surface area contributed by atoms with Crippen molar-refractivity contribution < 1.29 is 5.11 Å². The van der Waals surface area contributed by atoms with E-state index in [9.17, 15) is 5.11 Å². The number of para-hydroxylation sites is 1. The fraction of sp³-hybridized carbons (Fsp3) is 0.350. The Labute approximate surface area is 157 Å². The molecule has 5 rings (SSSR count). The van der Waals surface area contributed by atoms with Gasteiger partial charge in [-0.3, -0.25) is 4.57 Å². The highest BCUT2D eigenvalue weighted by Crippen LogP contribution is 2.46. The van der Waals surface area contributed by atoms with Crippen LogP contribution >= 0.6 is 0 Å². The number of nitrogen functional groups attached to an aromatic ring is 1. The zero-order chi connectivity index (χ0) is 18.4. The Balaban J connectivity index is 1.60. The van der Waals surface area contributed by atoms with Crippen molar-refractivity contribution in [2.75, 3.05) is 17.7 Å². The number of nitrogens with one attached hydrogen (secondary N) is 1. The number of aromatic nitrogens is 4. The molecule has 0 radical (unpaired) electrons. The summed E-state index contributed by atoms with van der Waals surface area (Å²) in [6.07, 6.45) is 10.7. The molecule has 1 fully saturated rings. The molecule has 2 aliphatic carbocycles. The SMILES string of the molecule is Nc1cccc(C2CC2)c1Nc1nc2cncnc2n1[C@H]1C=C[C@@H](CO)C1. The Kier molecular flexibility index (Phi) is 3.82. The van der Waals surface area contributed by atoms with Crippen LogP contribution in [0.1, 0.15) is 36.8 Å². The Morgan fingerprint density at radius 2 is 2.15 bits per heavy atom. The molecule has 7 nitrogen and oxygen atoms in total. The minimum atomic E-state index is 0.0823. The van der Waals surface area contributed by atoms with Crippen molar-refractivity contribution in [3.05, 3.63) is 48.4 Å². The third-order valence-corrected chi connectivity index (χ3v) is 5.45. The van der Waals surface area contributed by atoms with E-state index >= 15 is 0 Å². The van der Waals surface area contributed by atoms with Crippen LogP contribution < -0.4 is 11.1 Å². The molecular weight excluding hydrogens is 340 g/mol. The summed E-state index contributed by atoms with van der Waals surface area (Å²) in [6.45, 7) is 0.148. The van der Waals surface area contributed by atoms with Gasteiger partial charge in [-0.25, -0.2) is 15.0 Å². The number of nitrogens with zero attached hydrogens (tertiary/aromatic N) is 4. The molecule has 0 aliphatic heterocycles. The zero-order valence-electron chi connectivity index (χ0n) is 14.9. The van der Waals surface area contributed by atoms with E-state index in [4.69, 9.17) is 10.7 Å². The molecule has 0 saturated heterocycles. The summed E-state index contributed by atoms with van der Waals surface area (Å²) in [5, 5.41) is 13.0. The average molecular weight is 362 g/mol. The molecule has 2 heterocycles. The fourth-order valence-electron chi connectivity index (χ4n) is 3.91. The van der Waals surface area contributed by atoms with Gasteiger partial charge in [-0.05, 0) is 36.8 Å². The van der Waals surface area contributed by atoms with Gasteiger partial charge in [-0.15, -0.1) is 0 Å². The first-order valence-electron chi connectivity index (χ1n) is 9.37. The number of hydrogen-bond acceptors (Lipinski definition) is 6. The van der Waals surface area contributed by atoms with Gasteiger partial charge in [0.1, 0.15) is 11.8 Å². The van der Waals surface area contributed by atoms with Crippen molar-refractivity contribution in [1.82, 2.24) is 19.5 Å². The highest BCUT2D eigenvalue weighted by atomic mass is 16.3. The van der Waals surface area contributed by atoms with Gasteiger partial charge < -0.3 is 16.2 Å². The number of benzene rings is 1. The summed E-state index contributed by atoms with van der Waals surface area (Å²) < 4.78 is 2.09. The number of hydrogen-bond donors (Lipinski definition) is 3. The Morgan fingerprint density at radius 3 is 2.93 bits per heavy atom. The third-order valence-electron chi connectivity index (χ3n) is 5.45. The number of aliphatic hydroxyl groups is 1. The van der Waals surface area contributed by atoms with Gasteiger partial charge in [0, 0.05) is 12.5 Å². The van der Waals surface area contributed by atoms with Gasteiger partial charge in [0.05, 0.1) is 23.6 Å². The number of rotatable bonds is 5. The van der Waals surface area contributed by atoms with Crippen molar-refractivity contribution in [3.63, 3.8) is 0 Å². The maximum absolute atomic E-state index is 9.51. The molecule has 1 saturated carbocycles.